The van der Waals surface area contributed by atoms with Crippen LogP contribution in [0.15, 0.2) is 39.8 Å². The highest BCUT2D eigenvalue weighted by Crippen LogP contribution is 2.48. The summed E-state index contributed by atoms with van der Waals surface area (Å²) >= 11 is 0. The minimum Gasteiger partial charge on any atom is -0.361 e. The van der Waals surface area contributed by atoms with Gasteiger partial charge in [0.1, 0.15) is 11.6 Å². The molecule has 29 heavy (non-hydrogen) atoms. The molecule has 158 valence electrons. The normalized spacial score (nSPS) is 19.0. The zero-order chi connectivity index (χ0) is 19.6. The molecule has 1 aliphatic heterocycles. The van der Waals surface area contributed by atoms with Gasteiger partial charge in [-0.05, 0) is 31.4 Å². The Bertz CT molecular complexity index is 843. The van der Waals surface area contributed by atoms with E-state index in [1.54, 1.807) is 12.1 Å². The predicted molar refractivity (Wildman–Crippen MR) is 122 cm³/mol. The molecule has 4 rings (SSSR count). The van der Waals surface area contributed by atoms with Gasteiger partial charge >= 0.3 is 0 Å². The first kappa shape index (κ1) is 22.0. The number of guanidine groups is 1. The molecule has 0 atom stereocenters. The van der Waals surface area contributed by atoms with Crippen LogP contribution in [-0.2, 0) is 12.0 Å². The van der Waals surface area contributed by atoms with E-state index in [1.807, 2.05) is 32.2 Å². The summed E-state index contributed by atoms with van der Waals surface area (Å²) in [7, 11) is 1.82. The van der Waals surface area contributed by atoms with Crippen LogP contribution in [0.25, 0.3) is 0 Å². The largest absolute Gasteiger partial charge is 0.361 e. The van der Waals surface area contributed by atoms with Crippen LogP contribution < -0.4 is 5.32 Å². The minimum atomic E-state index is -0.103. The molecular weight excluding hydrogens is 484 g/mol. The van der Waals surface area contributed by atoms with E-state index in [0.717, 1.165) is 75.1 Å². The van der Waals surface area contributed by atoms with E-state index in [2.05, 4.69) is 25.3 Å². The van der Waals surface area contributed by atoms with E-state index < -0.39 is 0 Å². The number of aromatic nitrogens is 1. The Kier molecular flexibility index (Phi) is 7.15. The van der Waals surface area contributed by atoms with Crippen molar-refractivity contribution in [2.75, 3.05) is 39.8 Å². The first-order valence-electron chi connectivity index (χ1n) is 9.95. The van der Waals surface area contributed by atoms with Gasteiger partial charge in [-0.3, -0.25) is 9.89 Å². The molecule has 1 saturated carbocycles. The lowest BCUT2D eigenvalue weighted by atomic mass is 9.95. The van der Waals surface area contributed by atoms with Crippen LogP contribution in [0.3, 0.4) is 0 Å². The Labute approximate surface area is 188 Å². The lowest BCUT2D eigenvalue weighted by Gasteiger charge is -2.36. The topological polar surface area (TPSA) is 56.9 Å². The van der Waals surface area contributed by atoms with Crippen molar-refractivity contribution in [3.8, 4) is 0 Å². The maximum atomic E-state index is 14.2. The SMILES string of the molecule is CN=C(NCC1(c2ccccc2F)CC1)N1CCN(Cc2cc(C)on2)CC1.I. The Morgan fingerprint density at radius 3 is 2.55 bits per heavy atom. The van der Waals surface area contributed by atoms with Crippen LogP contribution in [0.2, 0.25) is 0 Å². The second-order valence-electron chi connectivity index (χ2n) is 7.85. The fourth-order valence-electron chi connectivity index (χ4n) is 4.00. The number of aryl methyl sites for hydroxylation is 1. The summed E-state index contributed by atoms with van der Waals surface area (Å²) in [6, 6.07) is 9.13. The maximum Gasteiger partial charge on any atom is 0.193 e. The van der Waals surface area contributed by atoms with Gasteiger partial charge in [-0.2, -0.15) is 0 Å². The number of halogens is 2. The molecule has 1 aromatic carbocycles. The molecule has 1 aromatic heterocycles. The quantitative estimate of drug-likeness (QED) is 0.378. The molecule has 0 bridgehead atoms. The number of rotatable bonds is 5. The highest BCUT2D eigenvalue weighted by atomic mass is 127. The van der Waals surface area contributed by atoms with Crippen LogP contribution in [-0.4, -0.2) is 60.7 Å². The summed E-state index contributed by atoms with van der Waals surface area (Å²) in [5.74, 6) is 1.65. The molecule has 1 N–H and O–H groups in total. The zero-order valence-electron chi connectivity index (χ0n) is 17.0. The third-order valence-electron chi connectivity index (χ3n) is 5.83. The molecule has 6 nitrogen and oxygen atoms in total. The Hall–Kier alpha value is -1.68. The van der Waals surface area contributed by atoms with Gasteiger partial charge in [0.25, 0.3) is 0 Å². The Morgan fingerprint density at radius 2 is 1.97 bits per heavy atom. The van der Waals surface area contributed by atoms with E-state index in [4.69, 9.17) is 4.52 Å². The molecule has 0 amide bonds. The summed E-state index contributed by atoms with van der Waals surface area (Å²) in [6.07, 6.45) is 2.03. The van der Waals surface area contributed by atoms with Crippen molar-refractivity contribution in [3.63, 3.8) is 0 Å². The van der Waals surface area contributed by atoms with Crippen LogP contribution in [0.1, 0.15) is 29.9 Å². The smallest absolute Gasteiger partial charge is 0.193 e. The summed E-state index contributed by atoms with van der Waals surface area (Å²) in [4.78, 5) is 9.12. The average molecular weight is 513 g/mol. The highest BCUT2D eigenvalue weighted by Gasteiger charge is 2.46. The second kappa shape index (κ2) is 9.42. The molecule has 2 fully saturated rings. The average Bonchev–Trinajstić information content (AvgIpc) is 3.38. The third kappa shape index (κ3) is 5.09. The van der Waals surface area contributed by atoms with Crippen molar-refractivity contribution >= 4 is 29.9 Å². The molecule has 2 aliphatic rings. The van der Waals surface area contributed by atoms with E-state index >= 15 is 0 Å². The Morgan fingerprint density at radius 1 is 1.24 bits per heavy atom. The molecular formula is C21H29FIN5O. The van der Waals surface area contributed by atoms with Crippen molar-refractivity contribution in [1.82, 2.24) is 20.3 Å². The van der Waals surface area contributed by atoms with Gasteiger partial charge in [-0.1, -0.05) is 23.4 Å². The molecule has 0 radical (unpaired) electrons. The van der Waals surface area contributed by atoms with Crippen molar-refractivity contribution in [2.45, 2.75) is 31.7 Å². The van der Waals surface area contributed by atoms with Crippen LogP contribution >= 0.6 is 24.0 Å². The molecule has 0 spiro atoms. The van der Waals surface area contributed by atoms with E-state index in [1.165, 1.54) is 0 Å². The first-order valence-corrected chi connectivity index (χ1v) is 9.95. The van der Waals surface area contributed by atoms with Gasteiger partial charge in [0.05, 0.1) is 5.69 Å². The van der Waals surface area contributed by atoms with E-state index in [9.17, 15) is 4.39 Å². The molecule has 8 heteroatoms. The van der Waals surface area contributed by atoms with Gasteiger partial charge in [0.15, 0.2) is 5.96 Å². The summed E-state index contributed by atoms with van der Waals surface area (Å²) in [5.41, 5.74) is 1.72. The van der Waals surface area contributed by atoms with Gasteiger partial charge in [-0.25, -0.2) is 4.39 Å². The fourth-order valence-corrected chi connectivity index (χ4v) is 4.00. The number of nitrogens with one attached hydrogen (secondary N) is 1. The second-order valence-corrected chi connectivity index (χ2v) is 7.85. The Balaban J connectivity index is 0.00000240. The summed E-state index contributed by atoms with van der Waals surface area (Å²) in [6.45, 7) is 7.16. The van der Waals surface area contributed by atoms with E-state index in [-0.39, 0.29) is 35.2 Å². The first-order chi connectivity index (χ1) is 13.6. The molecule has 0 unspecified atom stereocenters. The molecule has 1 aliphatic carbocycles. The maximum absolute atomic E-state index is 14.2. The van der Waals surface area contributed by atoms with E-state index in [0.29, 0.717) is 0 Å². The van der Waals surface area contributed by atoms with Gasteiger partial charge < -0.3 is 14.7 Å². The van der Waals surface area contributed by atoms with Crippen molar-refractivity contribution in [3.05, 3.63) is 53.2 Å². The minimum absolute atomic E-state index is 0. The predicted octanol–water partition coefficient (Wildman–Crippen LogP) is 3.16. The lowest BCUT2D eigenvalue weighted by molar-refractivity contribution is 0.169. The number of piperazine rings is 1. The van der Waals surface area contributed by atoms with Crippen LogP contribution in [0, 0.1) is 12.7 Å². The number of hydrogen-bond donors (Lipinski definition) is 1. The standard InChI is InChI=1S/C21H28FN5O.HI/c1-16-13-17(25-28-16)14-26-9-11-27(12-10-26)20(23-2)24-15-21(7-8-21)18-5-3-4-6-19(18)22;/h3-6,13H,7-12,14-15H2,1-2H3,(H,23,24);1H. The number of benzene rings is 1. The van der Waals surface area contributed by atoms with Crippen LogP contribution in [0.4, 0.5) is 4.39 Å². The molecule has 1 saturated heterocycles. The summed E-state index contributed by atoms with van der Waals surface area (Å²) in [5, 5.41) is 7.58. The fraction of sp³-hybridized carbons (Fsp3) is 0.524. The van der Waals surface area contributed by atoms with Crippen molar-refractivity contribution in [2.24, 2.45) is 4.99 Å². The monoisotopic (exact) mass is 513 g/mol. The number of hydrogen-bond acceptors (Lipinski definition) is 4. The summed E-state index contributed by atoms with van der Waals surface area (Å²) < 4.78 is 19.4. The van der Waals surface area contributed by atoms with Crippen LogP contribution in [0.5, 0.6) is 0 Å². The van der Waals surface area contributed by atoms with Gasteiger partial charge in [-0.15, -0.1) is 24.0 Å². The van der Waals surface area contributed by atoms with Gasteiger partial charge in [0.2, 0.25) is 0 Å². The lowest BCUT2D eigenvalue weighted by Crippen LogP contribution is -2.53. The molecule has 2 heterocycles. The molecule has 2 aromatic rings. The van der Waals surface area contributed by atoms with Gasteiger partial charge in [0, 0.05) is 57.8 Å². The number of aliphatic imine (C=N–C) groups is 1. The van der Waals surface area contributed by atoms with Crippen molar-refractivity contribution < 1.29 is 8.91 Å². The zero-order valence-corrected chi connectivity index (χ0v) is 19.4. The third-order valence-corrected chi connectivity index (χ3v) is 5.83. The van der Waals surface area contributed by atoms with Crippen molar-refractivity contribution in [1.29, 1.82) is 0 Å². The number of nitrogens with zero attached hydrogens (tertiary/aromatic N) is 4. The highest BCUT2D eigenvalue weighted by molar-refractivity contribution is 14.0.